The molecule has 0 unspecified atom stereocenters. The van der Waals surface area contributed by atoms with Crippen LogP contribution in [-0.4, -0.2) is 19.8 Å². The maximum atomic E-state index is 5.69. The fourth-order valence-electron chi connectivity index (χ4n) is 2.43. The average Bonchev–Trinajstić information content (AvgIpc) is 2.55. The largest absolute Gasteiger partial charge is 0.491 e. The molecule has 0 N–H and O–H groups in total. The fourth-order valence-corrected chi connectivity index (χ4v) is 2.43. The van der Waals surface area contributed by atoms with Crippen LogP contribution in [0.2, 0.25) is 0 Å². The Balaban J connectivity index is 2.07. The van der Waals surface area contributed by atoms with E-state index in [0.717, 1.165) is 18.8 Å². The minimum absolute atomic E-state index is 0.639. The minimum atomic E-state index is 0.639. The lowest BCUT2D eigenvalue weighted by Crippen LogP contribution is -2.07. The van der Waals surface area contributed by atoms with Gasteiger partial charge in [0.2, 0.25) is 0 Å². The van der Waals surface area contributed by atoms with Gasteiger partial charge in [0, 0.05) is 6.61 Å². The minimum Gasteiger partial charge on any atom is -0.491 e. The number of ether oxygens (including phenoxy) is 2. The van der Waals surface area contributed by atoms with Crippen molar-refractivity contribution in [1.82, 2.24) is 0 Å². The van der Waals surface area contributed by atoms with Gasteiger partial charge in [-0.3, -0.25) is 0 Å². The van der Waals surface area contributed by atoms with E-state index in [4.69, 9.17) is 9.47 Å². The smallest absolute Gasteiger partial charge is 0.119 e. The first kappa shape index (κ1) is 19.0. The van der Waals surface area contributed by atoms with Gasteiger partial charge in [-0.15, -0.1) is 0 Å². The van der Waals surface area contributed by atoms with Gasteiger partial charge in [0.25, 0.3) is 0 Å². The molecule has 0 aliphatic rings. The molecule has 2 heteroatoms. The second-order valence-corrected chi connectivity index (χ2v) is 5.98. The van der Waals surface area contributed by atoms with Crippen molar-refractivity contribution in [3.05, 3.63) is 29.8 Å². The second-order valence-electron chi connectivity index (χ2n) is 5.98. The van der Waals surface area contributed by atoms with Gasteiger partial charge in [0.1, 0.15) is 12.4 Å². The Labute approximate surface area is 137 Å². The van der Waals surface area contributed by atoms with Gasteiger partial charge < -0.3 is 9.47 Å². The normalized spacial score (nSPS) is 10.8. The first-order valence-corrected chi connectivity index (χ1v) is 9.16. The van der Waals surface area contributed by atoms with Crippen molar-refractivity contribution in [3.8, 4) is 5.75 Å². The van der Waals surface area contributed by atoms with Gasteiger partial charge in [0.15, 0.2) is 0 Å². The first-order valence-electron chi connectivity index (χ1n) is 9.16. The van der Waals surface area contributed by atoms with E-state index in [2.05, 4.69) is 38.1 Å². The number of rotatable bonds is 14. The van der Waals surface area contributed by atoms with Crippen LogP contribution in [0.5, 0.6) is 5.75 Å². The van der Waals surface area contributed by atoms with Crippen LogP contribution in [0.1, 0.15) is 70.8 Å². The van der Waals surface area contributed by atoms with E-state index in [1.807, 2.05) is 0 Å². The van der Waals surface area contributed by atoms with Gasteiger partial charge in [-0.25, -0.2) is 0 Å². The maximum absolute atomic E-state index is 5.69. The van der Waals surface area contributed by atoms with Gasteiger partial charge in [0.05, 0.1) is 6.61 Å². The summed E-state index contributed by atoms with van der Waals surface area (Å²) >= 11 is 0. The Bertz CT molecular complexity index is 310. The standard InChI is InChI=1S/C20H34O2/c1-3-5-7-8-9-10-11-19-12-14-20(15-13-19)22-18-17-21-16-6-4-2/h12-15H,3-11,16-18H2,1-2H3. The Morgan fingerprint density at radius 2 is 1.36 bits per heavy atom. The molecular weight excluding hydrogens is 272 g/mol. The van der Waals surface area contributed by atoms with E-state index in [1.54, 1.807) is 0 Å². The van der Waals surface area contributed by atoms with Crippen LogP contribution in [0.4, 0.5) is 0 Å². The zero-order valence-electron chi connectivity index (χ0n) is 14.6. The third-order valence-corrected chi connectivity index (χ3v) is 3.88. The molecule has 0 bridgehead atoms. The van der Waals surface area contributed by atoms with E-state index in [-0.39, 0.29) is 0 Å². The summed E-state index contributed by atoms with van der Waals surface area (Å²) in [6, 6.07) is 8.55. The van der Waals surface area contributed by atoms with E-state index >= 15 is 0 Å². The zero-order chi connectivity index (χ0) is 15.9. The van der Waals surface area contributed by atoms with Crippen molar-refractivity contribution >= 4 is 0 Å². The highest BCUT2D eigenvalue weighted by molar-refractivity contribution is 5.27. The molecule has 0 saturated carbocycles. The number of hydrogen-bond donors (Lipinski definition) is 0. The molecule has 0 fully saturated rings. The van der Waals surface area contributed by atoms with Crippen molar-refractivity contribution in [3.63, 3.8) is 0 Å². The summed E-state index contributed by atoms with van der Waals surface area (Å²) in [5, 5.41) is 0. The van der Waals surface area contributed by atoms with E-state index in [1.165, 1.54) is 56.9 Å². The van der Waals surface area contributed by atoms with Gasteiger partial charge >= 0.3 is 0 Å². The molecule has 0 heterocycles. The van der Waals surface area contributed by atoms with Crippen molar-refractivity contribution in [2.45, 2.75) is 71.6 Å². The van der Waals surface area contributed by atoms with Crippen molar-refractivity contribution in [2.24, 2.45) is 0 Å². The summed E-state index contributed by atoms with van der Waals surface area (Å²) in [6.45, 7) is 6.60. The van der Waals surface area contributed by atoms with E-state index < -0.39 is 0 Å². The zero-order valence-corrected chi connectivity index (χ0v) is 14.6. The predicted octanol–water partition coefficient (Wildman–Crippen LogP) is 5.79. The monoisotopic (exact) mass is 306 g/mol. The molecule has 2 nitrogen and oxygen atoms in total. The molecule has 0 amide bonds. The third kappa shape index (κ3) is 9.83. The SMILES string of the molecule is CCCCCCCCc1ccc(OCCOCCCC)cc1. The third-order valence-electron chi connectivity index (χ3n) is 3.88. The maximum Gasteiger partial charge on any atom is 0.119 e. The number of benzene rings is 1. The summed E-state index contributed by atoms with van der Waals surface area (Å²) in [6.07, 6.45) is 11.6. The first-order chi connectivity index (χ1) is 10.9. The lowest BCUT2D eigenvalue weighted by molar-refractivity contribution is 0.0980. The Hall–Kier alpha value is -1.02. The fraction of sp³-hybridized carbons (Fsp3) is 0.700. The summed E-state index contributed by atoms with van der Waals surface area (Å²) in [5.41, 5.74) is 1.42. The molecule has 1 rings (SSSR count). The van der Waals surface area contributed by atoms with Gasteiger partial charge in [-0.2, -0.15) is 0 Å². The predicted molar refractivity (Wildman–Crippen MR) is 94.7 cm³/mol. The molecule has 0 aliphatic carbocycles. The Kier molecular flexibility index (Phi) is 11.8. The van der Waals surface area contributed by atoms with Crippen LogP contribution >= 0.6 is 0 Å². The van der Waals surface area contributed by atoms with Crippen molar-refractivity contribution in [1.29, 1.82) is 0 Å². The average molecular weight is 306 g/mol. The van der Waals surface area contributed by atoms with Crippen molar-refractivity contribution < 1.29 is 9.47 Å². The highest BCUT2D eigenvalue weighted by Gasteiger charge is 1.97. The van der Waals surface area contributed by atoms with Gasteiger partial charge in [-0.1, -0.05) is 64.5 Å². The molecule has 126 valence electrons. The second kappa shape index (κ2) is 13.6. The number of hydrogen-bond acceptors (Lipinski definition) is 2. The molecule has 0 aromatic heterocycles. The number of aryl methyl sites for hydroxylation is 1. The molecule has 0 saturated heterocycles. The van der Waals surface area contributed by atoms with Crippen LogP contribution in [0, 0.1) is 0 Å². The van der Waals surface area contributed by atoms with Crippen LogP contribution in [0.3, 0.4) is 0 Å². The van der Waals surface area contributed by atoms with Crippen LogP contribution in [0.15, 0.2) is 24.3 Å². The highest BCUT2D eigenvalue weighted by Crippen LogP contribution is 2.15. The lowest BCUT2D eigenvalue weighted by atomic mass is 10.0. The summed E-state index contributed by atoms with van der Waals surface area (Å²) < 4.78 is 11.2. The van der Waals surface area contributed by atoms with E-state index in [0.29, 0.717) is 13.2 Å². The lowest BCUT2D eigenvalue weighted by Gasteiger charge is -2.08. The van der Waals surface area contributed by atoms with Crippen LogP contribution in [-0.2, 0) is 11.2 Å². The molecule has 1 aromatic rings. The molecular formula is C20H34O2. The Morgan fingerprint density at radius 1 is 0.682 bits per heavy atom. The quantitative estimate of drug-likeness (QED) is 0.405. The van der Waals surface area contributed by atoms with Crippen LogP contribution in [0.25, 0.3) is 0 Å². The molecule has 0 aliphatic heterocycles. The summed E-state index contributed by atoms with van der Waals surface area (Å²) in [7, 11) is 0. The molecule has 0 radical (unpaired) electrons. The molecule has 22 heavy (non-hydrogen) atoms. The van der Waals surface area contributed by atoms with E-state index in [9.17, 15) is 0 Å². The topological polar surface area (TPSA) is 18.5 Å². The Morgan fingerprint density at radius 3 is 2.09 bits per heavy atom. The highest BCUT2D eigenvalue weighted by atomic mass is 16.5. The van der Waals surface area contributed by atoms with Crippen molar-refractivity contribution in [2.75, 3.05) is 19.8 Å². The van der Waals surface area contributed by atoms with Crippen LogP contribution < -0.4 is 4.74 Å². The summed E-state index contributed by atoms with van der Waals surface area (Å²) in [5.74, 6) is 0.950. The van der Waals surface area contributed by atoms with Gasteiger partial charge in [-0.05, 0) is 37.0 Å². The number of unbranched alkanes of at least 4 members (excludes halogenated alkanes) is 6. The molecule has 0 spiro atoms. The summed E-state index contributed by atoms with van der Waals surface area (Å²) in [4.78, 5) is 0. The molecule has 0 atom stereocenters. The molecule has 1 aromatic carbocycles.